The number of amidine groups is 2. The lowest BCUT2D eigenvalue weighted by Gasteiger charge is -2.34. The Morgan fingerprint density at radius 1 is 1.15 bits per heavy atom. The van der Waals surface area contributed by atoms with Crippen molar-refractivity contribution in [3.05, 3.63) is 60.3 Å². The molecule has 4 rings (SSSR count). The molecule has 9 nitrogen and oxygen atoms in total. The predicted molar refractivity (Wildman–Crippen MR) is 132 cm³/mol. The Labute approximate surface area is 200 Å². The Kier molecular flexibility index (Phi) is 6.37. The molecule has 1 saturated heterocycles. The van der Waals surface area contributed by atoms with Gasteiger partial charge in [0.05, 0.1) is 5.54 Å². The lowest BCUT2D eigenvalue weighted by atomic mass is 10.1. The molecule has 0 aliphatic carbocycles. The van der Waals surface area contributed by atoms with Crippen LogP contribution in [-0.2, 0) is 10.3 Å². The van der Waals surface area contributed by atoms with Crippen molar-refractivity contribution in [2.45, 2.75) is 40.2 Å². The summed E-state index contributed by atoms with van der Waals surface area (Å²) < 4.78 is 7.71. The fourth-order valence-corrected chi connectivity index (χ4v) is 3.66. The fourth-order valence-electron chi connectivity index (χ4n) is 3.66. The SMILES string of the molecule is C=C(C)/N=C1/N=C(N2CCN(C(=O)c3ccc(-c4ncn(C(C)(C)C)n4)cc3)CC2)O/C1=C/C. The molecule has 178 valence electrons. The number of allylic oxidation sites excluding steroid dienone is 2. The van der Waals surface area contributed by atoms with Gasteiger partial charge in [-0.2, -0.15) is 10.1 Å². The topological polar surface area (TPSA) is 88.2 Å². The quantitative estimate of drug-likeness (QED) is 0.696. The van der Waals surface area contributed by atoms with Crippen LogP contribution in [0.3, 0.4) is 0 Å². The van der Waals surface area contributed by atoms with Crippen LogP contribution in [0, 0.1) is 0 Å². The zero-order valence-corrected chi connectivity index (χ0v) is 20.4. The molecule has 0 bridgehead atoms. The summed E-state index contributed by atoms with van der Waals surface area (Å²) in [7, 11) is 0. The first-order valence-electron chi connectivity index (χ1n) is 11.4. The molecule has 1 aromatic heterocycles. The summed E-state index contributed by atoms with van der Waals surface area (Å²) in [5.41, 5.74) is 2.07. The van der Waals surface area contributed by atoms with Gasteiger partial charge in [0.2, 0.25) is 5.84 Å². The van der Waals surface area contributed by atoms with Crippen molar-refractivity contribution < 1.29 is 9.53 Å². The molecular weight excluding hydrogens is 430 g/mol. The van der Waals surface area contributed by atoms with E-state index in [1.54, 1.807) is 6.33 Å². The average molecular weight is 462 g/mol. The first-order chi connectivity index (χ1) is 16.2. The second kappa shape index (κ2) is 9.24. The molecule has 2 aliphatic heterocycles. The van der Waals surface area contributed by atoms with E-state index in [1.165, 1.54) is 0 Å². The van der Waals surface area contributed by atoms with E-state index in [-0.39, 0.29) is 11.4 Å². The molecule has 0 saturated carbocycles. The standard InChI is InChI=1S/C25H31N7O2/c1-7-20-22(27-17(2)3)28-24(34-20)31-14-12-30(13-15-31)23(33)19-10-8-18(9-11-19)21-26-16-32(29-21)25(4,5)6/h7-11,16H,2,12-15H2,1,3-6H3/b20-7+,27-22+. The summed E-state index contributed by atoms with van der Waals surface area (Å²) in [6.45, 7) is 16.2. The third kappa shape index (κ3) is 4.93. The number of carbonyl (C=O) groups is 1. The van der Waals surface area contributed by atoms with Gasteiger partial charge in [0, 0.05) is 43.0 Å². The molecule has 9 heteroatoms. The number of aromatic nitrogens is 3. The minimum Gasteiger partial charge on any atom is -0.422 e. The normalized spacial score (nSPS) is 18.9. The largest absolute Gasteiger partial charge is 0.422 e. The zero-order chi connectivity index (χ0) is 24.5. The van der Waals surface area contributed by atoms with Crippen LogP contribution >= 0.6 is 0 Å². The summed E-state index contributed by atoms with van der Waals surface area (Å²) in [4.78, 5) is 30.2. The lowest BCUT2D eigenvalue weighted by molar-refractivity contribution is 0.0679. The molecular formula is C25H31N7O2. The number of carbonyl (C=O) groups excluding carboxylic acids is 1. The van der Waals surface area contributed by atoms with Crippen molar-refractivity contribution in [3.63, 3.8) is 0 Å². The van der Waals surface area contributed by atoms with Gasteiger partial charge in [0.1, 0.15) is 6.33 Å². The average Bonchev–Trinajstić information content (AvgIpc) is 3.46. The van der Waals surface area contributed by atoms with Crippen LogP contribution < -0.4 is 0 Å². The minimum absolute atomic E-state index is 0.00679. The molecule has 0 unspecified atom stereocenters. The second-order valence-corrected chi connectivity index (χ2v) is 9.36. The maximum atomic E-state index is 13.1. The Morgan fingerprint density at radius 3 is 2.38 bits per heavy atom. The van der Waals surface area contributed by atoms with Crippen LogP contribution in [-0.4, -0.2) is 68.5 Å². The van der Waals surface area contributed by atoms with Gasteiger partial charge in [-0.25, -0.2) is 14.7 Å². The highest BCUT2D eigenvalue weighted by molar-refractivity contribution is 6.09. The van der Waals surface area contributed by atoms with E-state index in [2.05, 4.69) is 47.4 Å². The molecule has 1 aromatic carbocycles. The van der Waals surface area contributed by atoms with Crippen LogP contribution in [0.15, 0.2) is 64.7 Å². The van der Waals surface area contributed by atoms with Crippen molar-refractivity contribution in [3.8, 4) is 11.4 Å². The number of benzene rings is 1. The Morgan fingerprint density at radius 2 is 1.82 bits per heavy atom. The molecule has 0 N–H and O–H groups in total. The van der Waals surface area contributed by atoms with Crippen LogP contribution in [0.5, 0.6) is 0 Å². The number of rotatable bonds is 3. The first kappa shape index (κ1) is 23.4. The third-order valence-corrected chi connectivity index (χ3v) is 5.59. The monoisotopic (exact) mass is 461 g/mol. The van der Waals surface area contributed by atoms with Crippen molar-refractivity contribution in [2.75, 3.05) is 26.2 Å². The molecule has 2 aromatic rings. The highest BCUT2D eigenvalue weighted by atomic mass is 16.5. The van der Waals surface area contributed by atoms with Gasteiger partial charge < -0.3 is 14.5 Å². The van der Waals surface area contributed by atoms with Crippen LogP contribution in [0.2, 0.25) is 0 Å². The maximum absolute atomic E-state index is 13.1. The van der Waals surface area contributed by atoms with E-state index < -0.39 is 0 Å². The molecule has 0 atom stereocenters. The minimum atomic E-state index is -0.133. The van der Waals surface area contributed by atoms with E-state index in [4.69, 9.17) is 4.74 Å². The summed E-state index contributed by atoms with van der Waals surface area (Å²) in [5.74, 6) is 1.81. The molecule has 1 fully saturated rings. The van der Waals surface area contributed by atoms with Crippen molar-refractivity contribution in [1.29, 1.82) is 0 Å². The second-order valence-electron chi connectivity index (χ2n) is 9.36. The molecule has 3 heterocycles. The van der Waals surface area contributed by atoms with E-state index in [9.17, 15) is 4.79 Å². The summed E-state index contributed by atoms with van der Waals surface area (Å²) >= 11 is 0. The van der Waals surface area contributed by atoms with Crippen molar-refractivity contribution >= 4 is 17.8 Å². The van der Waals surface area contributed by atoms with Gasteiger partial charge in [0.25, 0.3) is 11.9 Å². The number of hydrogen-bond donors (Lipinski definition) is 0. The third-order valence-electron chi connectivity index (χ3n) is 5.59. The zero-order valence-electron chi connectivity index (χ0n) is 20.4. The van der Waals surface area contributed by atoms with Crippen LogP contribution in [0.25, 0.3) is 11.4 Å². The van der Waals surface area contributed by atoms with E-state index in [0.29, 0.717) is 60.9 Å². The van der Waals surface area contributed by atoms with Crippen molar-refractivity contribution in [1.82, 2.24) is 24.6 Å². The van der Waals surface area contributed by atoms with Gasteiger partial charge in [0.15, 0.2) is 11.6 Å². The molecule has 1 amide bonds. The van der Waals surface area contributed by atoms with Gasteiger partial charge >= 0.3 is 0 Å². The Bertz CT molecular complexity index is 1170. The van der Waals surface area contributed by atoms with Gasteiger partial charge in [-0.05, 0) is 52.8 Å². The highest BCUT2D eigenvalue weighted by Crippen LogP contribution is 2.21. The predicted octanol–water partition coefficient (Wildman–Crippen LogP) is 3.68. The van der Waals surface area contributed by atoms with E-state index in [1.807, 2.05) is 58.7 Å². The number of hydrogen-bond acceptors (Lipinski definition) is 6. The molecule has 34 heavy (non-hydrogen) atoms. The number of nitrogens with zero attached hydrogens (tertiary/aromatic N) is 7. The van der Waals surface area contributed by atoms with Crippen molar-refractivity contribution in [2.24, 2.45) is 9.98 Å². The number of aliphatic imine (C=N–C) groups is 2. The van der Waals surface area contributed by atoms with E-state index in [0.717, 1.165) is 5.56 Å². The first-order valence-corrected chi connectivity index (χ1v) is 11.4. The molecule has 0 spiro atoms. The fraction of sp³-hybridized carbons (Fsp3) is 0.400. The lowest BCUT2D eigenvalue weighted by Crippen LogP contribution is -2.50. The van der Waals surface area contributed by atoms with Gasteiger partial charge in [-0.3, -0.25) is 4.79 Å². The summed E-state index contributed by atoms with van der Waals surface area (Å²) in [6, 6.07) is 7.99. The molecule has 2 aliphatic rings. The smallest absolute Gasteiger partial charge is 0.300 e. The van der Waals surface area contributed by atoms with Gasteiger partial charge in [-0.1, -0.05) is 18.7 Å². The Hall–Kier alpha value is -3.75. The number of amides is 1. The summed E-state index contributed by atoms with van der Waals surface area (Å²) in [5, 5.41) is 4.56. The van der Waals surface area contributed by atoms with Crippen LogP contribution in [0.4, 0.5) is 0 Å². The van der Waals surface area contributed by atoms with Gasteiger partial charge in [-0.15, -0.1) is 0 Å². The number of piperazine rings is 1. The Balaban J connectivity index is 1.38. The van der Waals surface area contributed by atoms with E-state index >= 15 is 0 Å². The summed E-state index contributed by atoms with van der Waals surface area (Å²) in [6.07, 6.45) is 3.57. The maximum Gasteiger partial charge on any atom is 0.300 e. The number of ether oxygens (including phenoxy) is 1. The van der Waals surface area contributed by atoms with Crippen LogP contribution in [0.1, 0.15) is 45.0 Å². The highest BCUT2D eigenvalue weighted by Gasteiger charge is 2.29. The molecule has 0 radical (unpaired) electrons.